The molecule has 1 N–H and O–H groups in total. The molecule has 17 heavy (non-hydrogen) atoms. The number of ketones is 1. The normalized spacial score (nSPS) is 16.4. The van der Waals surface area contributed by atoms with Gasteiger partial charge in [-0.3, -0.25) is 9.59 Å². The molecule has 0 heterocycles. The van der Waals surface area contributed by atoms with Gasteiger partial charge >= 0.3 is 0 Å². The van der Waals surface area contributed by atoms with Crippen LogP contribution in [0.3, 0.4) is 0 Å². The van der Waals surface area contributed by atoms with E-state index in [0.29, 0.717) is 12.8 Å². The van der Waals surface area contributed by atoms with Crippen molar-refractivity contribution in [3.63, 3.8) is 0 Å². The standard InChI is InChI=1S/C12H11F2NO2/c13-8-2-1-3-9(14)10(8)11(15-6-16)12(17)7-4-5-7/h1-3,6-7,11H,4-5H2,(H,15,16). The van der Waals surface area contributed by atoms with Gasteiger partial charge in [0, 0.05) is 5.92 Å². The van der Waals surface area contributed by atoms with Crippen molar-refractivity contribution in [1.82, 2.24) is 5.32 Å². The number of benzene rings is 1. The van der Waals surface area contributed by atoms with E-state index in [-0.39, 0.29) is 23.7 Å². The summed E-state index contributed by atoms with van der Waals surface area (Å²) in [5.74, 6) is -2.16. The number of nitrogens with one attached hydrogen (secondary N) is 1. The second-order valence-electron chi connectivity index (χ2n) is 4.03. The molecule has 0 radical (unpaired) electrons. The predicted molar refractivity (Wildman–Crippen MR) is 56.0 cm³/mol. The SMILES string of the molecule is O=CNC(C(=O)C1CC1)c1c(F)cccc1F. The zero-order valence-corrected chi connectivity index (χ0v) is 8.95. The molecule has 1 aliphatic carbocycles. The van der Waals surface area contributed by atoms with Gasteiger partial charge in [0.2, 0.25) is 6.41 Å². The van der Waals surface area contributed by atoms with Crippen molar-refractivity contribution in [2.24, 2.45) is 5.92 Å². The average Bonchev–Trinajstić information content (AvgIpc) is 3.10. The van der Waals surface area contributed by atoms with Crippen LogP contribution in [-0.4, -0.2) is 12.2 Å². The van der Waals surface area contributed by atoms with Crippen LogP contribution in [0.1, 0.15) is 24.4 Å². The van der Waals surface area contributed by atoms with Crippen molar-refractivity contribution in [3.8, 4) is 0 Å². The Morgan fingerprint density at radius 3 is 2.41 bits per heavy atom. The van der Waals surface area contributed by atoms with E-state index in [1.54, 1.807) is 0 Å². The van der Waals surface area contributed by atoms with Gasteiger partial charge in [-0.1, -0.05) is 6.07 Å². The quantitative estimate of drug-likeness (QED) is 0.795. The fourth-order valence-electron chi connectivity index (χ4n) is 1.77. The third-order valence-electron chi connectivity index (χ3n) is 2.79. The lowest BCUT2D eigenvalue weighted by Gasteiger charge is -2.16. The van der Waals surface area contributed by atoms with Crippen LogP contribution in [-0.2, 0) is 9.59 Å². The minimum absolute atomic E-state index is 0.188. The van der Waals surface area contributed by atoms with Crippen molar-refractivity contribution in [2.75, 3.05) is 0 Å². The van der Waals surface area contributed by atoms with Crippen LogP contribution in [0.15, 0.2) is 18.2 Å². The summed E-state index contributed by atoms with van der Waals surface area (Å²) in [5, 5.41) is 2.19. The number of amides is 1. The Morgan fingerprint density at radius 1 is 1.35 bits per heavy atom. The van der Waals surface area contributed by atoms with Crippen LogP contribution in [0.4, 0.5) is 8.78 Å². The number of halogens is 2. The van der Waals surface area contributed by atoms with E-state index in [1.807, 2.05) is 0 Å². The Hall–Kier alpha value is -1.78. The smallest absolute Gasteiger partial charge is 0.207 e. The van der Waals surface area contributed by atoms with Crippen molar-refractivity contribution in [3.05, 3.63) is 35.4 Å². The first kappa shape index (κ1) is 11.7. The maximum atomic E-state index is 13.5. The molecule has 1 amide bonds. The van der Waals surface area contributed by atoms with Gasteiger partial charge in [-0.25, -0.2) is 8.78 Å². The molecule has 0 saturated heterocycles. The fourth-order valence-corrected chi connectivity index (χ4v) is 1.77. The van der Waals surface area contributed by atoms with Crippen molar-refractivity contribution in [2.45, 2.75) is 18.9 Å². The van der Waals surface area contributed by atoms with Crippen LogP contribution < -0.4 is 5.32 Å². The molecule has 1 aromatic rings. The molecule has 3 nitrogen and oxygen atoms in total. The van der Waals surface area contributed by atoms with Gasteiger partial charge in [0.15, 0.2) is 5.78 Å². The molecule has 0 aromatic heterocycles. The van der Waals surface area contributed by atoms with Gasteiger partial charge in [0.25, 0.3) is 0 Å². The molecule has 5 heteroatoms. The summed E-state index contributed by atoms with van der Waals surface area (Å²) in [6.07, 6.45) is 1.72. The largest absolute Gasteiger partial charge is 0.345 e. The van der Waals surface area contributed by atoms with E-state index in [9.17, 15) is 18.4 Å². The van der Waals surface area contributed by atoms with E-state index in [0.717, 1.165) is 12.1 Å². The lowest BCUT2D eigenvalue weighted by molar-refractivity contribution is -0.124. The Kier molecular flexibility index (Phi) is 3.17. The Morgan fingerprint density at radius 2 is 1.94 bits per heavy atom. The zero-order chi connectivity index (χ0) is 12.4. The number of Topliss-reactive ketones (excluding diaryl/α,β-unsaturated/α-hetero) is 1. The Balaban J connectivity index is 2.37. The first-order chi connectivity index (χ1) is 8.15. The highest BCUT2D eigenvalue weighted by Crippen LogP contribution is 2.35. The van der Waals surface area contributed by atoms with Crippen LogP contribution in [0.5, 0.6) is 0 Å². The molecule has 90 valence electrons. The molecule has 1 aliphatic rings. The first-order valence-corrected chi connectivity index (χ1v) is 5.32. The van der Waals surface area contributed by atoms with E-state index < -0.39 is 17.7 Å². The minimum Gasteiger partial charge on any atom is -0.345 e. The number of hydrogen-bond acceptors (Lipinski definition) is 2. The summed E-state index contributed by atoms with van der Waals surface area (Å²) in [4.78, 5) is 22.3. The van der Waals surface area contributed by atoms with Gasteiger partial charge < -0.3 is 5.32 Å². The monoisotopic (exact) mass is 239 g/mol. The molecular weight excluding hydrogens is 228 g/mol. The average molecular weight is 239 g/mol. The molecule has 2 rings (SSSR count). The van der Waals surface area contributed by atoms with Gasteiger partial charge in [0.05, 0.1) is 5.56 Å². The highest BCUT2D eigenvalue weighted by atomic mass is 19.1. The summed E-state index contributed by atoms with van der Waals surface area (Å²) in [7, 11) is 0. The molecule has 0 spiro atoms. The van der Waals surface area contributed by atoms with Crippen molar-refractivity contribution >= 4 is 12.2 Å². The number of hydrogen-bond donors (Lipinski definition) is 1. The van der Waals surface area contributed by atoms with Crippen LogP contribution >= 0.6 is 0 Å². The van der Waals surface area contributed by atoms with Crippen LogP contribution in [0, 0.1) is 17.6 Å². The third-order valence-corrected chi connectivity index (χ3v) is 2.79. The molecular formula is C12H11F2NO2. The predicted octanol–water partition coefficient (Wildman–Crippen LogP) is 1.73. The number of carbonyl (C=O) groups excluding carboxylic acids is 2. The fraction of sp³-hybridized carbons (Fsp3) is 0.333. The molecule has 1 atom stereocenters. The molecule has 0 bridgehead atoms. The number of carbonyl (C=O) groups is 2. The van der Waals surface area contributed by atoms with Gasteiger partial charge in [-0.2, -0.15) is 0 Å². The van der Waals surface area contributed by atoms with E-state index in [2.05, 4.69) is 5.32 Å². The molecule has 1 saturated carbocycles. The summed E-state index contributed by atoms with van der Waals surface area (Å²) >= 11 is 0. The molecule has 1 aromatic carbocycles. The maximum Gasteiger partial charge on any atom is 0.207 e. The van der Waals surface area contributed by atoms with Gasteiger partial charge in [-0.15, -0.1) is 0 Å². The second kappa shape index (κ2) is 4.61. The maximum absolute atomic E-state index is 13.5. The molecule has 1 fully saturated rings. The summed E-state index contributed by atoms with van der Waals surface area (Å²) in [5.41, 5.74) is -0.378. The summed E-state index contributed by atoms with van der Waals surface area (Å²) < 4.78 is 27.0. The summed E-state index contributed by atoms with van der Waals surface area (Å²) in [6.45, 7) is 0. The van der Waals surface area contributed by atoms with Gasteiger partial charge in [0.1, 0.15) is 17.7 Å². The van der Waals surface area contributed by atoms with E-state index in [1.165, 1.54) is 6.07 Å². The summed E-state index contributed by atoms with van der Waals surface area (Å²) in [6, 6.07) is 2.13. The number of rotatable bonds is 5. The van der Waals surface area contributed by atoms with Crippen LogP contribution in [0.2, 0.25) is 0 Å². The lowest BCUT2D eigenvalue weighted by atomic mass is 9.99. The Bertz CT molecular complexity index is 438. The molecule has 1 unspecified atom stereocenters. The van der Waals surface area contributed by atoms with Crippen molar-refractivity contribution in [1.29, 1.82) is 0 Å². The highest BCUT2D eigenvalue weighted by molar-refractivity contribution is 5.90. The molecule has 0 aliphatic heterocycles. The lowest BCUT2D eigenvalue weighted by Crippen LogP contribution is -2.30. The minimum atomic E-state index is -1.22. The van der Waals surface area contributed by atoms with Crippen LogP contribution in [0.25, 0.3) is 0 Å². The van der Waals surface area contributed by atoms with E-state index in [4.69, 9.17) is 0 Å². The topological polar surface area (TPSA) is 46.2 Å². The van der Waals surface area contributed by atoms with Crippen molar-refractivity contribution < 1.29 is 18.4 Å². The highest BCUT2D eigenvalue weighted by Gasteiger charge is 2.37. The Labute approximate surface area is 96.8 Å². The third kappa shape index (κ3) is 2.33. The van der Waals surface area contributed by atoms with E-state index >= 15 is 0 Å². The zero-order valence-electron chi connectivity index (χ0n) is 8.95. The van der Waals surface area contributed by atoms with Gasteiger partial charge in [-0.05, 0) is 25.0 Å². The second-order valence-corrected chi connectivity index (χ2v) is 4.03. The first-order valence-electron chi connectivity index (χ1n) is 5.32.